The van der Waals surface area contributed by atoms with Gasteiger partial charge in [0, 0.05) is 17.9 Å². The molecule has 2 aromatic carbocycles. The largest absolute Gasteiger partial charge is 0.368 e. The molecule has 2 amide bonds. The standard InChI is InChI=1S/C21H26N4O2.2ClH/c22-19(26)15-25(14-16-7-2-1-3-8-16)18-10-6-9-17(13-18)24-20(27)21(23)11-4-5-12-21;;/h1-3,6-10,13H,4-5,11-12,14-15,23H2,(H2,22,26)(H,24,27);2*1H. The van der Waals surface area contributed by atoms with E-state index in [9.17, 15) is 9.59 Å². The molecule has 1 fully saturated rings. The number of rotatable bonds is 7. The summed E-state index contributed by atoms with van der Waals surface area (Å²) in [5.74, 6) is -0.561. The summed E-state index contributed by atoms with van der Waals surface area (Å²) in [5, 5.41) is 2.93. The Kier molecular flexibility index (Phi) is 9.43. The van der Waals surface area contributed by atoms with E-state index in [1.54, 1.807) is 0 Å². The van der Waals surface area contributed by atoms with E-state index in [-0.39, 0.29) is 37.3 Å². The Morgan fingerprint density at radius 3 is 2.28 bits per heavy atom. The van der Waals surface area contributed by atoms with Crippen LogP contribution in [0.3, 0.4) is 0 Å². The number of primary amides is 1. The van der Waals surface area contributed by atoms with Crippen molar-refractivity contribution < 1.29 is 9.59 Å². The van der Waals surface area contributed by atoms with Gasteiger partial charge in [0.25, 0.3) is 0 Å². The number of nitrogens with two attached hydrogens (primary N) is 2. The zero-order chi connectivity index (χ0) is 19.3. The molecule has 0 aromatic heterocycles. The number of carbonyl (C=O) groups excluding carboxylic acids is 2. The van der Waals surface area contributed by atoms with Gasteiger partial charge in [-0.15, -0.1) is 24.8 Å². The van der Waals surface area contributed by atoms with Crippen molar-refractivity contribution in [2.75, 3.05) is 16.8 Å². The molecule has 0 bridgehead atoms. The number of halogens is 2. The Labute approximate surface area is 183 Å². The van der Waals surface area contributed by atoms with Gasteiger partial charge < -0.3 is 21.7 Å². The van der Waals surface area contributed by atoms with Crippen LogP contribution in [-0.2, 0) is 16.1 Å². The van der Waals surface area contributed by atoms with Crippen LogP contribution in [0.4, 0.5) is 11.4 Å². The number of nitrogens with one attached hydrogen (secondary N) is 1. The van der Waals surface area contributed by atoms with Crippen LogP contribution in [0.15, 0.2) is 54.6 Å². The molecule has 1 saturated carbocycles. The summed E-state index contributed by atoms with van der Waals surface area (Å²) in [7, 11) is 0. The molecule has 0 atom stereocenters. The third kappa shape index (κ3) is 6.63. The highest BCUT2D eigenvalue weighted by molar-refractivity contribution is 5.98. The number of carbonyl (C=O) groups is 2. The number of anilines is 2. The second-order valence-electron chi connectivity index (χ2n) is 7.18. The topological polar surface area (TPSA) is 101 Å². The highest BCUT2D eigenvalue weighted by atomic mass is 35.5. The van der Waals surface area contributed by atoms with E-state index in [2.05, 4.69) is 5.32 Å². The van der Waals surface area contributed by atoms with Crippen LogP contribution in [0.25, 0.3) is 0 Å². The first-order valence-corrected chi connectivity index (χ1v) is 9.24. The first-order chi connectivity index (χ1) is 13.0. The van der Waals surface area contributed by atoms with E-state index in [1.165, 1.54) is 0 Å². The van der Waals surface area contributed by atoms with Crippen molar-refractivity contribution in [1.29, 1.82) is 0 Å². The van der Waals surface area contributed by atoms with Crippen molar-refractivity contribution in [1.82, 2.24) is 0 Å². The lowest BCUT2D eigenvalue weighted by Gasteiger charge is -2.25. The molecule has 0 spiro atoms. The minimum atomic E-state index is -0.785. The number of amides is 2. The fourth-order valence-corrected chi connectivity index (χ4v) is 3.50. The molecule has 1 aliphatic carbocycles. The second-order valence-corrected chi connectivity index (χ2v) is 7.18. The Balaban J connectivity index is 0.00000210. The summed E-state index contributed by atoms with van der Waals surface area (Å²) >= 11 is 0. The molecule has 3 rings (SSSR count). The van der Waals surface area contributed by atoms with E-state index in [1.807, 2.05) is 59.5 Å². The van der Waals surface area contributed by atoms with Crippen molar-refractivity contribution >= 4 is 48.0 Å². The minimum Gasteiger partial charge on any atom is -0.368 e. The molecule has 0 saturated heterocycles. The van der Waals surface area contributed by atoms with Crippen LogP contribution in [0.1, 0.15) is 31.2 Å². The summed E-state index contributed by atoms with van der Waals surface area (Å²) in [6.07, 6.45) is 3.38. The van der Waals surface area contributed by atoms with Crippen LogP contribution in [0.2, 0.25) is 0 Å². The minimum absolute atomic E-state index is 0. The SMILES string of the molecule is Cl.Cl.NC(=O)CN(Cc1ccccc1)c1cccc(NC(=O)C2(N)CCCC2)c1. The summed E-state index contributed by atoms with van der Waals surface area (Å²) < 4.78 is 0. The lowest BCUT2D eigenvalue weighted by Crippen LogP contribution is -2.48. The number of benzene rings is 2. The van der Waals surface area contributed by atoms with Gasteiger partial charge in [-0.1, -0.05) is 49.2 Å². The number of nitrogens with zero attached hydrogens (tertiary/aromatic N) is 1. The van der Waals surface area contributed by atoms with Crippen LogP contribution in [0.5, 0.6) is 0 Å². The van der Waals surface area contributed by atoms with Gasteiger partial charge in [0.05, 0.1) is 12.1 Å². The average Bonchev–Trinajstić information content (AvgIpc) is 3.10. The smallest absolute Gasteiger partial charge is 0.244 e. The molecule has 8 heteroatoms. The Bertz CT molecular complexity index is 811. The highest BCUT2D eigenvalue weighted by Crippen LogP contribution is 2.29. The molecule has 158 valence electrons. The third-order valence-electron chi connectivity index (χ3n) is 4.98. The maximum absolute atomic E-state index is 12.6. The molecule has 2 aromatic rings. The molecular weight excluding hydrogens is 411 g/mol. The van der Waals surface area contributed by atoms with E-state index >= 15 is 0 Å². The summed E-state index contributed by atoms with van der Waals surface area (Å²) in [5.41, 5.74) is 13.4. The van der Waals surface area contributed by atoms with Gasteiger partial charge in [-0.3, -0.25) is 9.59 Å². The zero-order valence-electron chi connectivity index (χ0n) is 16.2. The molecule has 0 unspecified atom stereocenters. The van der Waals surface area contributed by atoms with Crippen LogP contribution >= 0.6 is 24.8 Å². The predicted molar refractivity (Wildman–Crippen MR) is 122 cm³/mol. The van der Waals surface area contributed by atoms with E-state index in [0.29, 0.717) is 25.1 Å². The van der Waals surface area contributed by atoms with Crippen molar-refractivity contribution in [3.8, 4) is 0 Å². The quantitative estimate of drug-likeness (QED) is 0.617. The first-order valence-electron chi connectivity index (χ1n) is 9.24. The molecule has 0 heterocycles. The molecule has 1 aliphatic rings. The Morgan fingerprint density at radius 1 is 1.00 bits per heavy atom. The van der Waals surface area contributed by atoms with E-state index < -0.39 is 11.4 Å². The average molecular weight is 439 g/mol. The van der Waals surface area contributed by atoms with Gasteiger partial charge in [-0.05, 0) is 36.6 Å². The van der Waals surface area contributed by atoms with Gasteiger partial charge in [0.1, 0.15) is 0 Å². The van der Waals surface area contributed by atoms with Gasteiger partial charge in [0.15, 0.2) is 0 Å². The van der Waals surface area contributed by atoms with Crippen LogP contribution in [-0.4, -0.2) is 23.9 Å². The third-order valence-corrected chi connectivity index (χ3v) is 4.98. The van der Waals surface area contributed by atoms with Gasteiger partial charge in [-0.2, -0.15) is 0 Å². The highest BCUT2D eigenvalue weighted by Gasteiger charge is 2.37. The maximum atomic E-state index is 12.6. The number of hydrogen-bond acceptors (Lipinski definition) is 4. The summed E-state index contributed by atoms with van der Waals surface area (Å²) in [4.78, 5) is 26.0. The van der Waals surface area contributed by atoms with Crippen LogP contribution in [0, 0.1) is 0 Å². The van der Waals surface area contributed by atoms with Gasteiger partial charge in [-0.25, -0.2) is 0 Å². The zero-order valence-corrected chi connectivity index (χ0v) is 17.8. The first kappa shape index (κ1) is 24.8. The lowest BCUT2D eigenvalue weighted by atomic mass is 9.98. The molecule has 0 aliphatic heterocycles. The van der Waals surface area contributed by atoms with Crippen molar-refractivity contribution in [2.45, 2.75) is 37.8 Å². The normalized spacial score (nSPS) is 14.2. The second kappa shape index (κ2) is 11.0. The molecular formula is C21H28Cl2N4O2. The monoisotopic (exact) mass is 438 g/mol. The fraction of sp³-hybridized carbons (Fsp3) is 0.333. The lowest BCUT2D eigenvalue weighted by molar-refractivity contribution is -0.121. The van der Waals surface area contributed by atoms with Gasteiger partial charge in [0.2, 0.25) is 11.8 Å². The molecule has 6 nitrogen and oxygen atoms in total. The molecule has 5 N–H and O–H groups in total. The van der Waals surface area contributed by atoms with E-state index in [4.69, 9.17) is 11.5 Å². The Hall–Kier alpha value is -2.28. The van der Waals surface area contributed by atoms with Crippen LogP contribution < -0.4 is 21.7 Å². The summed E-state index contributed by atoms with van der Waals surface area (Å²) in [6, 6.07) is 17.3. The summed E-state index contributed by atoms with van der Waals surface area (Å²) in [6.45, 7) is 0.634. The van der Waals surface area contributed by atoms with Crippen molar-refractivity contribution in [3.05, 3.63) is 60.2 Å². The van der Waals surface area contributed by atoms with Gasteiger partial charge >= 0.3 is 0 Å². The van der Waals surface area contributed by atoms with Crippen molar-refractivity contribution in [2.24, 2.45) is 11.5 Å². The predicted octanol–water partition coefficient (Wildman–Crippen LogP) is 3.23. The fourth-order valence-electron chi connectivity index (χ4n) is 3.50. The Morgan fingerprint density at radius 2 is 1.66 bits per heavy atom. The molecule has 0 radical (unpaired) electrons. The number of hydrogen-bond donors (Lipinski definition) is 3. The van der Waals surface area contributed by atoms with Crippen molar-refractivity contribution in [3.63, 3.8) is 0 Å². The maximum Gasteiger partial charge on any atom is 0.244 e. The molecule has 29 heavy (non-hydrogen) atoms. The van der Waals surface area contributed by atoms with E-state index in [0.717, 1.165) is 24.1 Å².